The highest BCUT2D eigenvalue weighted by Crippen LogP contribution is 2.09. The average molecular weight is 402 g/mol. The van der Waals surface area contributed by atoms with Crippen LogP contribution < -0.4 is 5.32 Å². The zero-order chi connectivity index (χ0) is 21.1. The van der Waals surface area contributed by atoms with E-state index in [1.807, 2.05) is 36.4 Å². The Morgan fingerprint density at radius 3 is 2.38 bits per heavy atom. The van der Waals surface area contributed by atoms with E-state index in [1.54, 1.807) is 16.7 Å². The van der Waals surface area contributed by atoms with E-state index in [0.717, 1.165) is 5.56 Å². The molecule has 1 saturated heterocycles. The molecule has 0 saturated carbocycles. The van der Waals surface area contributed by atoms with Crippen LogP contribution in [0.15, 0.2) is 30.3 Å². The molecule has 1 aromatic rings. The van der Waals surface area contributed by atoms with Crippen LogP contribution in [0.3, 0.4) is 0 Å². The number of nitrogens with one attached hydrogen (secondary N) is 1. The zero-order valence-electron chi connectivity index (χ0n) is 16.5. The number of hydrogen-bond donors (Lipinski definition) is 1. The quantitative estimate of drug-likeness (QED) is 0.745. The number of nitriles is 1. The van der Waals surface area contributed by atoms with E-state index < -0.39 is 18.2 Å². The molecular formula is C20H26N4O5. The van der Waals surface area contributed by atoms with Crippen molar-refractivity contribution in [1.82, 2.24) is 15.1 Å². The molecule has 0 radical (unpaired) electrons. The van der Waals surface area contributed by atoms with Gasteiger partial charge in [-0.2, -0.15) is 5.26 Å². The van der Waals surface area contributed by atoms with E-state index in [-0.39, 0.29) is 25.4 Å². The Hall–Kier alpha value is -3.28. The van der Waals surface area contributed by atoms with Crippen LogP contribution in [0.5, 0.6) is 0 Å². The van der Waals surface area contributed by atoms with Gasteiger partial charge >= 0.3 is 12.2 Å². The van der Waals surface area contributed by atoms with Gasteiger partial charge in [0.2, 0.25) is 5.91 Å². The maximum atomic E-state index is 12.8. The van der Waals surface area contributed by atoms with Crippen molar-refractivity contribution in [3.63, 3.8) is 0 Å². The minimum atomic E-state index is -0.855. The summed E-state index contributed by atoms with van der Waals surface area (Å²) in [5, 5.41) is 11.4. The molecule has 1 fully saturated rings. The highest BCUT2D eigenvalue weighted by molar-refractivity contribution is 5.86. The first-order chi connectivity index (χ1) is 14.0. The predicted molar refractivity (Wildman–Crippen MR) is 104 cm³/mol. The number of hydrogen-bond acceptors (Lipinski definition) is 6. The summed E-state index contributed by atoms with van der Waals surface area (Å²) >= 11 is 0. The first-order valence-corrected chi connectivity index (χ1v) is 9.59. The number of alkyl carbamates (subject to hydrolysis) is 1. The van der Waals surface area contributed by atoms with Crippen LogP contribution in [0.25, 0.3) is 0 Å². The molecule has 9 heteroatoms. The SMILES string of the molecule is CCOC(=O)N1CCN(C(=O)C(CCC#N)NC(=O)OCc2ccccc2)CC1. The van der Waals surface area contributed by atoms with Crippen LogP contribution in [-0.4, -0.2) is 66.7 Å². The van der Waals surface area contributed by atoms with Crippen molar-refractivity contribution in [2.45, 2.75) is 32.4 Å². The molecule has 1 N–H and O–H groups in total. The molecule has 0 aromatic heterocycles. The highest BCUT2D eigenvalue weighted by Gasteiger charge is 2.30. The summed E-state index contributed by atoms with van der Waals surface area (Å²) in [6.07, 6.45) is -0.801. The molecule has 156 valence electrons. The van der Waals surface area contributed by atoms with Crippen molar-refractivity contribution < 1.29 is 23.9 Å². The van der Waals surface area contributed by atoms with Gasteiger partial charge in [0.1, 0.15) is 12.6 Å². The van der Waals surface area contributed by atoms with Crippen LogP contribution in [0.4, 0.5) is 9.59 Å². The summed E-state index contributed by atoms with van der Waals surface area (Å²) in [4.78, 5) is 39.9. The molecule has 29 heavy (non-hydrogen) atoms. The van der Waals surface area contributed by atoms with Crippen LogP contribution in [0.1, 0.15) is 25.3 Å². The van der Waals surface area contributed by atoms with E-state index >= 15 is 0 Å². The van der Waals surface area contributed by atoms with Gasteiger partial charge < -0.3 is 24.6 Å². The number of rotatable bonds is 7. The zero-order valence-corrected chi connectivity index (χ0v) is 16.5. The predicted octanol–water partition coefficient (Wildman–Crippen LogP) is 1.89. The number of ether oxygens (including phenoxy) is 2. The molecule has 9 nitrogen and oxygen atoms in total. The van der Waals surface area contributed by atoms with E-state index in [1.165, 1.54) is 0 Å². The number of carbonyl (C=O) groups excluding carboxylic acids is 3. The maximum Gasteiger partial charge on any atom is 0.409 e. The summed E-state index contributed by atoms with van der Waals surface area (Å²) < 4.78 is 10.1. The summed E-state index contributed by atoms with van der Waals surface area (Å²) in [6, 6.07) is 10.3. The third kappa shape index (κ3) is 6.99. The number of nitrogens with zero attached hydrogens (tertiary/aromatic N) is 3. The van der Waals surface area contributed by atoms with Gasteiger partial charge in [-0.3, -0.25) is 4.79 Å². The third-order valence-electron chi connectivity index (χ3n) is 4.47. The molecule has 1 heterocycles. The molecule has 0 bridgehead atoms. The van der Waals surface area contributed by atoms with Crippen molar-refractivity contribution in [1.29, 1.82) is 5.26 Å². The van der Waals surface area contributed by atoms with Gasteiger partial charge in [0.05, 0.1) is 12.7 Å². The molecule has 1 aliphatic rings. The lowest BCUT2D eigenvalue weighted by molar-refractivity contribution is -0.135. The molecule has 0 spiro atoms. The minimum absolute atomic E-state index is 0.0873. The van der Waals surface area contributed by atoms with Crippen molar-refractivity contribution in [2.24, 2.45) is 0 Å². The molecule has 1 atom stereocenters. The largest absolute Gasteiger partial charge is 0.450 e. The van der Waals surface area contributed by atoms with Gasteiger partial charge in [0.15, 0.2) is 0 Å². The van der Waals surface area contributed by atoms with E-state index in [4.69, 9.17) is 14.7 Å². The summed E-state index contributed by atoms with van der Waals surface area (Å²) in [6.45, 7) is 3.50. The van der Waals surface area contributed by atoms with Gasteiger partial charge in [-0.15, -0.1) is 0 Å². The van der Waals surface area contributed by atoms with Crippen molar-refractivity contribution >= 4 is 18.1 Å². The van der Waals surface area contributed by atoms with E-state index in [0.29, 0.717) is 32.8 Å². The average Bonchev–Trinajstić information content (AvgIpc) is 2.75. The standard InChI is InChI=1S/C20H26N4O5/c1-2-28-20(27)24-13-11-23(12-14-24)18(25)17(9-6-10-21)22-19(26)29-15-16-7-4-3-5-8-16/h3-5,7-8,17H,2,6,9,11-15H2,1H3,(H,22,26). The normalized spacial score (nSPS) is 14.5. The summed E-state index contributed by atoms with van der Waals surface area (Å²) in [7, 11) is 0. The summed E-state index contributed by atoms with van der Waals surface area (Å²) in [5.74, 6) is -0.291. The van der Waals surface area contributed by atoms with Crippen LogP contribution in [0, 0.1) is 11.3 Å². The van der Waals surface area contributed by atoms with Gasteiger partial charge in [-0.1, -0.05) is 30.3 Å². The molecule has 2 rings (SSSR count). The molecular weight excluding hydrogens is 376 g/mol. The second kappa shape index (κ2) is 11.5. The lowest BCUT2D eigenvalue weighted by Gasteiger charge is -2.35. The monoisotopic (exact) mass is 402 g/mol. The number of carbonyl (C=O) groups is 3. The molecule has 3 amide bonds. The van der Waals surface area contributed by atoms with Crippen molar-refractivity contribution in [2.75, 3.05) is 32.8 Å². The smallest absolute Gasteiger partial charge is 0.409 e. The number of benzene rings is 1. The number of piperazine rings is 1. The highest BCUT2D eigenvalue weighted by atomic mass is 16.6. The van der Waals surface area contributed by atoms with Crippen LogP contribution >= 0.6 is 0 Å². The fourth-order valence-corrected chi connectivity index (χ4v) is 2.92. The second-order valence-corrected chi connectivity index (χ2v) is 6.47. The first-order valence-electron chi connectivity index (χ1n) is 9.59. The number of amides is 3. The Kier molecular flexibility index (Phi) is 8.76. The summed E-state index contributed by atoms with van der Waals surface area (Å²) in [5.41, 5.74) is 0.831. The van der Waals surface area contributed by atoms with Crippen molar-refractivity contribution in [3.05, 3.63) is 35.9 Å². The topological polar surface area (TPSA) is 112 Å². The van der Waals surface area contributed by atoms with Crippen LogP contribution in [-0.2, 0) is 20.9 Å². The van der Waals surface area contributed by atoms with Gasteiger partial charge in [-0.05, 0) is 18.9 Å². The fraction of sp³-hybridized carbons (Fsp3) is 0.500. The Bertz CT molecular complexity index is 726. The Morgan fingerprint density at radius 1 is 1.10 bits per heavy atom. The first kappa shape index (κ1) is 22.0. The second-order valence-electron chi connectivity index (χ2n) is 6.47. The van der Waals surface area contributed by atoms with E-state index in [9.17, 15) is 14.4 Å². The third-order valence-corrected chi connectivity index (χ3v) is 4.47. The Labute approximate surface area is 170 Å². The van der Waals surface area contributed by atoms with Gasteiger partial charge in [0.25, 0.3) is 0 Å². The lowest BCUT2D eigenvalue weighted by Crippen LogP contribution is -2.56. The molecule has 1 unspecified atom stereocenters. The molecule has 0 aliphatic carbocycles. The molecule has 1 aliphatic heterocycles. The van der Waals surface area contributed by atoms with Gasteiger partial charge in [0, 0.05) is 32.6 Å². The molecule has 1 aromatic carbocycles. The van der Waals surface area contributed by atoms with Gasteiger partial charge in [-0.25, -0.2) is 9.59 Å². The minimum Gasteiger partial charge on any atom is -0.450 e. The van der Waals surface area contributed by atoms with Crippen molar-refractivity contribution in [3.8, 4) is 6.07 Å². The fourth-order valence-electron chi connectivity index (χ4n) is 2.92. The Morgan fingerprint density at radius 2 is 1.76 bits per heavy atom. The Balaban J connectivity index is 1.88. The lowest BCUT2D eigenvalue weighted by atomic mass is 10.1. The van der Waals surface area contributed by atoms with Crippen LogP contribution in [0.2, 0.25) is 0 Å². The maximum absolute atomic E-state index is 12.8. The van der Waals surface area contributed by atoms with E-state index in [2.05, 4.69) is 5.32 Å².